The van der Waals surface area contributed by atoms with Gasteiger partial charge in [-0.15, -0.1) is 0 Å². The molecule has 0 bridgehead atoms. The topological polar surface area (TPSA) is 87.7 Å². The van der Waals surface area contributed by atoms with Gasteiger partial charge in [0, 0.05) is 18.7 Å². The SMILES string of the molecule is CC(C)CNC(=O)[C@@H]1[C@@H](c2cccc(NC(=O)CC(C)C)c2)OC(=O)N1Cc1ccccc1. The van der Waals surface area contributed by atoms with Crippen LogP contribution in [0.4, 0.5) is 10.5 Å². The molecule has 1 fully saturated rings. The van der Waals surface area contributed by atoms with Gasteiger partial charge in [-0.1, -0.05) is 70.2 Å². The molecule has 0 aliphatic carbocycles. The molecule has 0 radical (unpaired) electrons. The lowest BCUT2D eigenvalue weighted by molar-refractivity contribution is -0.126. The van der Waals surface area contributed by atoms with Gasteiger partial charge in [0.15, 0.2) is 12.1 Å². The molecule has 7 heteroatoms. The van der Waals surface area contributed by atoms with Gasteiger partial charge in [0.25, 0.3) is 0 Å². The van der Waals surface area contributed by atoms with Gasteiger partial charge in [0.2, 0.25) is 11.8 Å². The second-order valence-corrected chi connectivity index (χ2v) is 9.27. The van der Waals surface area contributed by atoms with Gasteiger partial charge in [-0.05, 0) is 35.1 Å². The van der Waals surface area contributed by atoms with Crippen molar-refractivity contribution in [3.05, 3.63) is 65.7 Å². The minimum atomic E-state index is -0.821. The van der Waals surface area contributed by atoms with E-state index in [2.05, 4.69) is 10.6 Å². The minimum absolute atomic E-state index is 0.0810. The Kier molecular flexibility index (Phi) is 8.09. The monoisotopic (exact) mass is 451 g/mol. The van der Waals surface area contributed by atoms with Gasteiger partial charge in [0.05, 0.1) is 6.54 Å². The molecular weight excluding hydrogens is 418 g/mol. The van der Waals surface area contributed by atoms with Crippen LogP contribution in [0.2, 0.25) is 0 Å². The third kappa shape index (κ3) is 6.57. The summed E-state index contributed by atoms with van der Waals surface area (Å²) in [6, 6.07) is 15.8. The maximum absolute atomic E-state index is 13.2. The molecule has 2 atom stereocenters. The lowest BCUT2D eigenvalue weighted by atomic mass is 9.99. The molecule has 2 aromatic carbocycles. The lowest BCUT2D eigenvalue weighted by Crippen LogP contribution is -2.47. The molecule has 2 N–H and O–H groups in total. The summed E-state index contributed by atoms with van der Waals surface area (Å²) in [4.78, 5) is 39.7. The van der Waals surface area contributed by atoms with Gasteiger partial charge in [-0.2, -0.15) is 0 Å². The van der Waals surface area contributed by atoms with E-state index in [1.54, 1.807) is 18.2 Å². The Labute approximate surface area is 195 Å². The molecule has 0 saturated carbocycles. The fourth-order valence-corrected chi connectivity index (χ4v) is 3.78. The molecule has 3 rings (SSSR count). The molecule has 1 saturated heterocycles. The summed E-state index contributed by atoms with van der Waals surface area (Å²) in [5, 5.41) is 5.84. The average molecular weight is 452 g/mol. The molecule has 1 aliphatic heterocycles. The molecule has 33 heavy (non-hydrogen) atoms. The van der Waals surface area contributed by atoms with E-state index in [0.717, 1.165) is 5.56 Å². The number of nitrogens with one attached hydrogen (secondary N) is 2. The van der Waals surface area contributed by atoms with Crippen molar-refractivity contribution in [3.63, 3.8) is 0 Å². The van der Waals surface area contributed by atoms with Crippen LogP contribution >= 0.6 is 0 Å². The Bertz CT molecular complexity index is 975. The summed E-state index contributed by atoms with van der Waals surface area (Å²) >= 11 is 0. The zero-order valence-electron chi connectivity index (χ0n) is 19.7. The van der Waals surface area contributed by atoms with Crippen molar-refractivity contribution in [2.75, 3.05) is 11.9 Å². The Morgan fingerprint density at radius 1 is 1.00 bits per heavy atom. The third-order valence-electron chi connectivity index (χ3n) is 5.33. The zero-order valence-corrected chi connectivity index (χ0v) is 19.7. The molecule has 1 aliphatic rings. The second kappa shape index (κ2) is 11.0. The first kappa shape index (κ1) is 24.3. The van der Waals surface area contributed by atoms with Crippen molar-refractivity contribution in [1.82, 2.24) is 10.2 Å². The number of rotatable bonds is 9. The quantitative estimate of drug-likeness (QED) is 0.587. The standard InChI is InChI=1S/C26H33N3O4/c1-17(2)13-22(30)28-21-12-8-11-20(14-21)24-23(25(31)27-15-18(3)4)29(26(32)33-24)16-19-9-6-5-7-10-19/h5-12,14,17-18,23-24H,13,15-16H2,1-4H3,(H,27,31)(H,28,30)/t23-,24+/m0/s1. The summed E-state index contributed by atoms with van der Waals surface area (Å²) in [6.45, 7) is 8.76. The first-order chi connectivity index (χ1) is 15.7. The molecule has 0 unspecified atom stereocenters. The fraction of sp³-hybridized carbons (Fsp3) is 0.423. The fourth-order valence-electron chi connectivity index (χ4n) is 3.78. The maximum Gasteiger partial charge on any atom is 0.411 e. The van der Waals surface area contributed by atoms with Crippen LogP contribution in [0.5, 0.6) is 0 Å². The third-order valence-corrected chi connectivity index (χ3v) is 5.33. The molecule has 1 heterocycles. The molecule has 0 aromatic heterocycles. The van der Waals surface area contributed by atoms with E-state index in [4.69, 9.17) is 4.74 Å². The predicted molar refractivity (Wildman–Crippen MR) is 127 cm³/mol. The van der Waals surface area contributed by atoms with Crippen LogP contribution in [0, 0.1) is 11.8 Å². The number of carbonyl (C=O) groups excluding carboxylic acids is 3. The Hall–Kier alpha value is -3.35. The van der Waals surface area contributed by atoms with E-state index in [1.807, 2.05) is 64.1 Å². The van der Waals surface area contributed by atoms with Crippen molar-refractivity contribution >= 4 is 23.6 Å². The molecule has 3 amide bonds. The van der Waals surface area contributed by atoms with E-state index in [1.165, 1.54) is 4.90 Å². The van der Waals surface area contributed by atoms with Crippen molar-refractivity contribution in [2.24, 2.45) is 11.8 Å². The smallest absolute Gasteiger partial charge is 0.411 e. The largest absolute Gasteiger partial charge is 0.438 e. The second-order valence-electron chi connectivity index (χ2n) is 9.27. The van der Waals surface area contributed by atoms with Crippen molar-refractivity contribution < 1.29 is 19.1 Å². The highest BCUT2D eigenvalue weighted by molar-refractivity contribution is 5.91. The van der Waals surface area contributed by atoms with Crippen LogP contribution in [0.1, 0.15) is 51.3 Å². The highest BCUT2D eigenvalue weighted by Crippen LogP contribution is 2.35. The van der Waals surface area contributed by atoms with E-state index in [9.17, 15) is 14.4 Å². The Balaban J connectivity index is 1.87. The molecule has 176 valence electrons. The Morgan fingerprint density at radius 3 is 2.39 bits per heavy atom. The summed E-state index contributed by atoms with van der Waals surface area (Å²) in [5.74, 6) is 0.171. The van der Waals surface area contributed by atoms with Crippen LogP contribution in [-0.4, -0.2) is 35.4 Å². The predicted octanol–water partition coefficient (Wildman–Crippen LogP) is 4.51. The van der Waals surface area contributed by atoms with E-state index >= 15 is 0 Å². The minimum Gasteiger partial charge on any atom is -0.438 e. The van der Waals surface area contributed by atoms with Crippen molar-refractivity contribution in [2.45, 2.75) is 52.8 Å². The van der Waals surface area contributed by atoms with E-state index in [-0.39, 0.29) is 30.2 Å². The Morgan fingerprint density at radius 2 is 1.73 bits per heavy atom. The van der Waals surface area contributed by atoms with Gasteiger partial charge < -0.3 is 15.4 Å². The van der Waals surface area contributed by atoms with Crippen LogP contribution in [-0.2, 0) is 20.9 Å². The van der Waals surface area contributed by atoms with Gasteiger partial charge in [-0.25, -0.2) is 4.79 Å². The van der Waals surface area contributed by atoms with Gasteiger partial charge >= 0.3 is 6.09 Å². The molecule has 0 spiro atoms. The lowest BCUT2D eigenvalue weighted by Gasteiger charge is -2.25. The van der Waals surface area contributed by atoms with Crippen molar-refractivity contribution in [1.29, 1.82) is 0 Å². The normalized spacial score (nSPS) is 17.9. The summed E-state index contributed by atoms with van der Waals surface area (Å²) in [7, 11) is 0. The average Bonchev–Trinajstić information content (AvgIpc) is 3.08. The first-order valence-corrected chi connectivity index (χ1v) is 11.4. The summed E-state index contributed by atoms with van der Waals surface area (Å²) in [5.41, 5.74) is 2.18. The van der Waals surface area contributed by atoms with Crippen LogP contribution < -0.4 is 10.6 Å². The van der Waals surface area contributed by atoms with E-state index in [0.29, 0.717) is 24.2 Å². The number of benzene rings is 2. The molecular formula is C26H33N3O4. The summed E-state index contributed by atoms with van der Waals surface area (Å²) in [6.07, 6.45) is -0.911. The number of carbonyl (C=O) groups is 3. The number of amides is 3. The zero-order chi connectivity index (χ0) is 24.0. The molecule has 2 aromatic rings. The van der Waals surface area contributed by atoms with Crippen LogP contribution in [0.15, 0.2) is 54.6 Å². The van der Waals surface area contributed by atoms with Gasteiger partial charge in [-0.3, -0.25) is 14.5 Å². The van der Waals surface area contributed by atoms with Crippen LogP contribution in [0.3, 0.4) is 0 Å². The van der Waals surface area contributed by atoms with Gasteiger partial charge in [0.1, 0.15) is 0 Å². The number of anilines is 1. The molecule has 7 nitrogen and oxygen atoms in total. The van der Waals surface area contributed by atoms with Crippen LogP contribution in [0.25, 0.3) is 0 Å². The first-order valence-electron chi connectivity index (χ1n) is 11.4. The number of ether oxygens (including phenoxy) is 1. The number of cyclic esters (lactones) is 1. The maximum atomic E-state index is 13.2. The number of hydrogen-bond acceptors (Lipinski definition) is 4. The van der Waals surface area contributed by atoms with Crippen molar-refractivity contribution in [3.8, 4) is 0 Å². The summed E-state index contributed by atoms with van der Waals surface area (Å²) < 4.78 is 5.71. The highest BCUT2D eigenvalue weighted by Gasteiger charge is 2.47. The van der Waals surface area contributed by atoms with E-state index < -0.39 is 18.2 Å². The highest BCUT2D eigenvalue weighted by atomic mass is 16.6. The number of hydrogen-bond donors (Lipinski definition) is 2. The number of nitrogens with zero attached hydrogens (tertiary/aromatic N) is 1.